The number of halogens is 1. The Kier molecular flexibility index (Phi) is 3.50. The molecule has 1 aromatic heterocycles. The first kappa shape index (κ1) is 13.5. The zero-order valence-corrected chi connectivity index (χ0v) is 11.7. The van der Waals surface area contributed by atoms with Crippen molar-refractivity contribution in [3.05, 3.63) is 69.4 Å². The number of nitro groups is 1. The quantitative estimate of drug-likeness (QED) is 0.556. The van der Waals surface area contributed by atoms with E-state index in [0.29, 0.717) is 17.3 Å². The molecule has 3 aromatic rings. The van der Waals surface area contributed by atoms with Crippen LogP contribution in [0.5, 0.6) is 0 Å². The highest BCUT2D eigenvalue weighted by atomic mass is 35.5. The molecule has 21 heavy (non-hydrogen) atoms. The van der Waals surface area contributed by atoms with E-state index < -0.39 is 4.92 Å². The molecule has 2 N–H and O–H groups in total. The SMILES string of the molecule is O=[N+]([O-])c1ccccc1NCc1c[nH]c2cc(Cl)ccc12. The standard InChI is InChI=1S/C15H12ClN3O2/c16-11-5-6-12-10(9-18-14(12)7-11)8-17-13-3-1-2-4-15(13)19(20)21/h1-7,9,17-18H,8H2. The number of nitrogens with one attached hydrogen (secondary N) is 2. The summed E-state index contributed by atoms with van der Waals surface area (Å²) in [6.07, 6.45) is 1.88. The second kappa shape index (κ2) is 5.46. The number of hydrogen-bond donors (Lipinski definition) is 2. The van der Waals surface area contributed by atoms with Crippen LogP contribution in [-0.2, 0) is 6.54 Å². The first-order chi connectivity index (χ1) is 10.1. The third-order valence-electron chi connectivity index (χ3n) is 3.30. The van der Waals surface area contributed by atoms with E-state index in [9.17, 15) is 10.1 Å². The van der Waals surface area contributed by atoms with Gasteiger partial charge in [-0.25, -0.2) is 0 Å². The number of H-pyrrole nitrogens is 1. The van der Waals surface area contributed by atoms with Crippen molar-refractivity contribution in [2.24, 2.45) is 0 Å². The number of aromatic nitrogens is 1. The molecule has 0 aliphatic rings. The molecule has 0 aliphatic heterocycles. The van der Waals surface area contributed by atoms with Crippen LogP contribution in [0.15, 0.2) is 48.7 Å². The van der Waals surface area contributed by atoms with E-state index in [4.69, 9.17) is 11.6 Å². The Balaban J connectivity index is 1.86. The van der Waals surface area contributed by atoms with Gasteiger partial charge in [-0.05, 0) is 23.8 Å². The Hall–Kier alpha value is -2.53. The van der Waals surface area contributed by atoms with Crippen molar-refractivity contribution < 1.29 is 4.92 Å². The van der Waals surface area contributed by atoms with Crippen LogP contribution in [0, 0.1) is 10.1 Å². The molecule has 0 amide bonds. The first-order valence-electron chi connectivity index (χ1n) is 6.38. The summed E-state index contributed by atoms with van der Waals surface area (Å²) < 4.78 is 0. The monoisotopic (exact) mass is 301 g/mol. The predicted molar refractivity (Wildman–Crippen MR) is 83.7 cm³/mol. The van der Waals surface area contributed by atoms with E-state index in [1.54, 1.807) is 18.2 Å². The van der Waals surface area contributed by atoms with Crippen LogP contribution in [0.3, 0.4) is 0 Å². The van der Waals surface area contributed by atoms with Gasteiger partial charge in [-0.2, -0.15) is 0 Å². The molecule has 0 aliphatic carbocycles. The lowest BCUT2D eigenvalue weighted by molar-refractivity contribution is -0.384. The number of aromatic amines is 1. The Morgan fingerprint density at radius 3 is 2.86 bits per heavy atom. The van der Waals surface area contributed by atoms with Gasteiger partial charge in [0, 0.05) is 34.7 Å². The van der Waals surface area contributed by atoms with E-state index in [-0.39, 0.29) is 5.69 Å². The molecule has 6 heteroatoms. The fraction of sp³-hybridized carbons (Fsp3) is 0.0667. The highest BCUT2D eigenvalue weighted by molar-refractivity contribution is 6.31. The number of hydrogen-bond acceptors (Lipinski definition) is 3. The predicted octanol–water partition coefficient (Wildman–Crippen LogP) is 4.34. The summed E-state index contributed by atoms with van der Waals surface area (Å²) >= 11 is 5.95. The molecule has 5 nitrogen and oxygen atoms in total. The number of rotatable bonds is 4. The summed E-state index contributed by atoms with van der Waals surface area (Å²) in [4.78, 5) is 13.7. The summed E-state index contributed by atoms with van der Waals surface area (Å²) in [7, 11) is 0. The normalized spacial score (nSPS) is 10.7. The summed E-state index contributed by atoms with van der Waals surface area (Å²) in [6.45, 7) is 0.493. The summed E-state index contributed by atoms with van der Waals surface area (Å²) in [5.74, 6) is 0. The second-order valence-corrected chi connectivity index (χ2v) is 5.07. The van der Waals surface area contributed by atoms with Gasteiger partial charge >= 0.3 is 0 Å². The van der Waals surface area contributed by atoms with Crippen LogP contribution in [-0.4, -0.2) is 9.91 Å². The van der Waals surface area contributed by atoms with Crippen molar-refractivity contribution in [3.63, 3.8) is 0 Å². The lowest BCUT2D eigenvalue weighted by atomic mass is 10.1. The fourth-order valence-corrected chi connectivity index (χ4v) is 2.45. The van der Waals surface area contributed by atoms with Gasteiger partial charge in [0.1, 0.15) is 5.69 Å². The van der Waals surface area contributed by atoms with Crippen LogP contribution in [0.25, 0.3) is 10.9 Å². The average Bonchev–Trinajstić information content (AvgIpc) is 2.87. The first-order valence-corrected chi connectivity index (χ1v) is 6.76. The Morgan fingerprint density at radius 1 is 1.24 bits per heavy atom. The van der Waals surface area contributed by atoms with Crippen molar-refractivity contribution in [1.29, 1.82) is 0 Å². The third-order valence-corrected chi connectivity index (χ3v) is 3.53. The second-order valence-electron chi connectivity index (χ2n) is 4.63. The van der Waals surface area contributed by atoms with Crippen molar-refractivity contribution in [2.75, 3.05) is 5.32 Å². The highest BCUT2D eigenvalue weighted by Gasteiger charge is 2.12. The lowest BCUT2D eigenvalue weighted by Gasteiger charge is -2.06. The lowest BCUT2D eigenvalue weighted by Crippen LogP contribution is -2.01. The Labute approximate surface area is 125 Å². The molecule has 0 bridgehead atoms. The smallest absolute Gasteiger partial charge is 0.292 e. The van der Waals surface area contributed by atoms with Crippen LogP contribution in [0.1, 0.15) is 5.56 Å². The van der Waals surface area contributed by atoms with Crippen LogP contribution in [0.4, 0.5) is 11.4 Å². The molecule has 0 atom stereocenters. The topological polar surface area (TPSA) is 71.0 Å². The third kappa shape index (κ3) is 2.68. The van der Waals surface area contributed by atoms with E-state index in [1.165, 1.54) is 6.07 Å². The molecular weight excluding hydrogens is 290 g/mol. The van der Waals surface area contributed by atoms with Gasteiger partial charge in [0.2, 0.25) is 0 Å². The van der Waals surface area contributed by atoms with Crippen molar-refractivity contribution in [1.82, 2.24) is 4.98 Å². The molecule has 3 rings (SSSR count). The number of anilines is 1. The van der Waals surface area contributed by atoms with E-state index in [2.05, 4.69) is 10.3 Å². The zero-order chi connectivity index (χ0) is 14.8. The van der Waals surface area contributed by atoms with Gasteiger partial charge in [-0.15, -0.1) is 0 Å². The molecule has 0 spiro atoms. The van der Waals surface area contributed by atoms with E-state index in [1.807, 2.05) is 24.4 Å². The molecule has 0 unspecified atom stereocenters. The van der Waals surface area contributed by atoms with E-state index >= 15 is 0 Å². The number of benzene rings is 2. The van der Waals surface area contributed by atoms with Crippen molar-refractivity contribution >= 4 is 33.9 Å². The minimum Gasteiger partial charge on any atom is -0.375 e. The molecular formula is C15H12ClN3O2. The maximum atomic E-state index is 11.0. The summed E-state index contributed by atoms with van der Waals surface area (Å²) in [5.41, 5.74) is 2.55. The maximum Gasteiger partial charge on any atom is 0.292 e. The molecule has 0 radical (unpaired) electrons. The molecule has 1 heterocycles. The van der Waals surface area contributed by atoms with Crippen molar-refractivity contribution in [2.45, 2.75) is 6.54 Å². The fourth-order valence-electron chi connectivity index (χ4n) is 2.28. The van der Waals surface area contributed by atoms with Gasteiger partial charge in [-0.1, -0.05) is 29.8 Å². The van der Waals surface area contributed by atoms with Crippen LogP contribution >= 0.6 is 11.6 Å². The highest BCUT2D eigenvalue weighted by Crippen LogP contribution is 2.26. The number of nitro benzene ring substituents is 1. The summed E-state index contributed by atoms with van der Waals surface area (Å²) in [5, 5.41) is 15.8. The average molecular weight is 302 g/mol. The minimum atomic E-state index is -0.392. The van der Waals surface area contributed by atoms with Crippen molar-refractivity contribution in [3.8, 4) is 0 Å². The molecule has 0 saturated carbocycles. The number of nitrogens with zero attached hydrogens (tertiary/aromatic N) is 1. The molecule has 0 fully saturated rings. The Bertz CT molecular complexity index is 814. The van der Waals surface area contributed by atoms with Crippen LogP contribution < -0.4 is 5.32 Å². The maximum absolute atomic E-state index is 11.0. The van der Waals surface area contributed by atoms with Gasteiger partial charge in [0.05, 0.1) is 4.92 Å². The minimum absolute atomic E-state index is 0.0698. The Morgan fingerprint density at radius 2 is 2.05 bits per heavy atom. The largest absolute Gasteiger partial charge is 0.375 e. The molecule has 2 aromatic carbocycles. The molecule has 106 valence electrons. The van der Waals surface area contributed by atoms with Crippen LogP contribution in [0.2, 0.25) is 5.02 Å². The van der Waals surface area contributed by atoms with Gasteiger partial charge in [0.25, 0.3) is 5.69 Å². The van der Waals surface area contributed by atoms with Gasteiger partial charge < -0.3 is 10.3 Å². The number of fused-ring (bicyclic) bond motifs is 1. The van der Waals surface area contributed by atoms with Gasteiger partial charge in [0.15, 0.2) is 0 Å². The van der Waals surface area contributed by atoms with Gasteiger partial charge in [-0.3, -0.25) is 10.1 Å². The number of para-hydroxylation sites is 2. The zero-order valence-electron chi connectivity index (χ0n) is 11.0. The molecule has 0 saturated heterocycles. The summed E-state index contributed by atoms with van der Waals surface area (Å²) in [6, 6.07) is 12.2. The van der Waals surface area contributed by atoms with E-state index in [0.717, 1.165) is 16.5 Å².